The van der Waals surface area contributed by atoms with Crippen molar-refractivity contribution in [2.45, 2.75) is 13.8 Å². The summed E-state index contributed by atoms with van der Waals surface area (Å²) in [5.74, 6) is 0.0741. The molecule has 3 aromatic carbocycles. The summed E-state index contributed by atoms with van der Waals surface area (Å²) in [5, 5.41) is 3.25. The Labute approximate surface area is 176 Å². The highest BCUT2D eigenvalue weighted by Gasteiger charge is 2.25. The van der Waals surface area contributed by atoms with Crippen LogP contribution in [0.4, 0.5) is 5.69 Å². The van der Waals surface area contributed by atoms with Crippen molar-refractivity contribution >= 4 is 33.3 Å². The van der Waals surface area contributed by atoms with Gasteiger partial charge in [0.05, 0.1) is 11.1 Å². The van der Waals surface area contributed by atoms with Crippen LogP contribution in [0, 0.1) is 13.8 Å². The number of nitrogens with zero attached hydrogens (tertiary/aromatic N) is 3. The Kier molecular flexibility index (Phi) is 4.62. The van der Waals surface area contributed by atoms with E-state index in [1.165, 1.54) is 16.8 Å². The smallest absolute Gasteiger partial charge is 0.256 e. The van der Waals surface area contributed by atoms with Gasteiger partial charge in [-0.15, -0.1) is 0 Å². The van der Waals surface area contributed by atoms with Gasteiger partial charge in [0.15, 0.2) is 0 Å². The molecule has 4 heteroatoms. The Morgan fingerprint density at radius 1 is 0.867 bits per heavy atom. The number of hydrogen-bond acceptors (Lipinski definition) is 3. The lowest BCUT2D eigenvalue weighted by molar-refractivity contribution is 0.0748. The van der Waals surface area contributed by atoms with Crippen molar-refractivity contribution < 1.29 is 4.79 Å². The third-order valence-corrected chi connectivity index (χ3v) is 6.33. The van der Waals surface area contributed by atoms with Crippen LogP contribution in [0.3, 0.4) is 0 Å². The average Bonchev–Trinajstić information content (AvgIpc) is 2.80. The van der Waals surface area contributed by atoms with Gasteiger partial charge in [-0.25, -0.2) is 0 Å². The van der Waals surface area contributed by atoms with E-state index in [9.17, 15) is 4.79 Å². The molecule has 1 fully saturated rings. The lowest BCUT2D eigenvalue weighted by Crippen LogP contribution is -2.49. The van der Waals surface area contributed by atoms with Gasteiger partial charge in [-0.3, -0.25) is 9.78 Å². The van der Waals surface area contributed by atoms with Gasteiger partial charge in [0, 0.05) is 43.4 Å². The second kappa shape index (κ2) is 7.45. The highest BCUT2D eigenvalue weighted by atomic mass is 16.2. The van der Waals surface area contributed by atoms with Crippen molar-refractivity contribution in [2.75, 3.05) is 31.1 Å². The molecule has 0 atom stereocenters. The fourth-order valence-electron chi connectivity index (χ4n) is 4.49. The first-order valence-electron chi connectivity index (χ1n) is 10.5. The van der Waals surface area contributed by atoms with Gasteiger partial charge in [-0.1, -0.05) is 42.5 Å². The number of carbonyl (C=O) groups is 1. The fourth-order valence-corrected chi connectivity index (χ4v) is 4.49. The number of piperazine rings is 1. The molecule has 1 amide bonds. The summed E-state index contributed by atoms with van der Waals surface area (Å²) in [6.07, 6.45) is 1.77. The third kappa shape index (κ3) is 3.09. The molecule has 1 aliphatic rings. The van der Waals surface area contributed by atoms with Gasteiger partial charge >= 0.3 is 0 Å². The summed E-state index contributed by atoms with van der Waals surface area (Å²) in [6, 6.07) is 20.6. The molecule has 0 N–H and O–H groups in total. The Hall–Kier alpha value is -3.40. The first-order valence-corrected chi connectivity index (χ1v) is 10.5. The maximum atomic E-state index is 13.5. The minimum atomic E-state index is 0.0741. The molecule has 2 heterocycles. The molecule has 0 unspecified atom stereocenters. The summed E-state index contributed by atoms with van der Waals surface area (Å²) < 4.78 is 0. The van der Waals surface area contributed by atoms with Crippen molar-refractivity contribution in [1.82, 2.24) is 9.88 Å². The van der Waals surface area contributed by atoms with E-state index in [-0.39, 0.29) is 5.91 Å². The van der Waals surface area contributed by atoms with E-state index in [2.05, 4.69) is 60.1 Å². The van der Waals surface area contributed by atoms with Gasteiger partial charge in [0.1, 0.15) is 0 Å². The van der Waals surface area contributed by atoms with Crippen molar-refractivity contribution in [3.05, 3.63) is 83.6 Å². The third-order valence-electron chi connectivity index (χ3n) is 6.33. The van der Waals surface area contributed by atoms with Gasteiger partial charge in [0.25, 0.3) is 5.91 Å². The van der Waals surface area contributed by atoms with Crippen molar-refractivity contribution in [3.63, 3.8) is 0 Å². The van der Waals surface area contributed by atoms with Crippen LogP contribution in [0.2, 0.25) is 0 Å². The molecule has 30 heavy (non-hydrogen) atoms. The zero-order chi connectivity index (χ0) is 20.7. The van der Waals surface area contributed by atoms with Crippen LogP contribution >= 0.6 is 0 Å². The number of anilines is 1. The van der Waals surface area contributed by atoms with Crippen LogP contribution in [0.5, 0.6) is 0 Å². The molecular weight excluding hydrogens is 370 g/mol. The van der Waals surface area contributed by atoms with E-state index < -0.39 is 0 Å². The minimum Gasteiger partial charge on any atom is -0.368 e. The predicted octanol–water partition coefficient (Wildman–Crippen LogP) is 4.97. The molecule has 0 saturated carbocycles. The van der Waals surface area contributed by atoms with E-state index in [0.717, 1.165) is 34.8 Å². The van der Waals surface area contributed by atoms with Crippen LogP contribution < -0.4 is 4.90 Å². The van der Waals surface area contributed by atoms with E-state index in [1.807, 2.05) is 29.2 Å². The van der Waals surface area contributed by atoms with Gasteiger partial charge in [0.2, 0.25) is 0 Å². The van der Waals surface area contributed by atoms with Crippen LogP contribution in [0.25, 0.3) is 21.7 Å². The summed E-state index contributed by atoms with van der Waals surface area (Å²) >= 11 is 0. The summed E-state index contributed by atoms with van der Waals surface area (Å²) in [4.78, 5) is 22.4. The second-order valence-corrected chi connectivity index (χ2v) is 8.04. The number of aromatic nitrogens is 1. The summed E-state index contributed by atoms with van der Waals surface area (Å²) in [5.41, 5.74) is 5.39. The number of amides is 1. The number of pyridine rings is 1. The monoisotopic (exact) mass is 395 g/mol. The van der Waals surface area contributed by atoms with Crippen molar-refractivity contribution in [2.24, 2.45) is 0 Å². The minimum absolute atomic E-state index is 0.0741. The molecule has 1 saturated heterocycles. The Bertz CT molecular complexity index is 1260. The molecule has 0 bridgehead atoms. The first-order chi connectivity index (χ1) is 14.6. The lowest BCUT2D eigenvalue weighted by atomic mass is 10.00. The van der Waals surface area contributed by atoms with Gasteiger partial charge in [-0.05, 0) is 53.9 Å². The number of fused-ring (bicyclic) bond motifs is 3. The molecule has 5 rings (SSSR count). The Morgan fingerprint density at radius 3 is 2.47 bits per heavy atom. The molecular formula is C26H25N3O. The lowest BCUT2D eigenvalue weighted by Gasteiger charge is -2.37. The molecule has 1 aromatic heterocycles. The Balaban J connectivity index is 1.44. The Morgan fingerprint density at radius 2 is 1.63 bits per heavy atom. The van der Waals surface area contributed by atoms with E-state index in [4.69, 9.17) is 0 Å². The fraction of sp³-hybridized carbons (Fsp3) is 0.231. The molecule has 1 aliphatic heterocycles. The normalized spacial score (nSPS) is 14.5. The van der Waals surface area contributed by atoms with Crippen LogP contribution in [-0.2, 0) is 0 Å². The number of hydrogen-bond donors (Lipinski definition) is 0. The zero-order valence-electron chi connectivity index (χ0n) is 17.4. The van der Waals surface area contributed by atoms with Crippen molar-refractivity contribution in [1.29, 1.82) is 0 Å². The maximum absolute atomic E-state index is 13.5. The summed E-state index contributed by atoms with van der Waals surface area (Å²) in [6.45, 7) is 7.44. The molecule has 150 valence electrons. The largest absolute Gasteiger partial charge is 0.368 e. The quantitative estimate of drug-likeness (QED) is 0.450. The number of rotatable bonds is 2. The topological polar surface area (TPSA) is 36.4 Å². The predicted molar refractivity (Wildman–Crippen MR) is 123 cm³/mol. The standard InChI is InChI=1S/C26H25N3O/c1-18-7-5-11-24(19(18)2)28-13-15-29(16-14-28)26(30)23-17-20-8-3-4-9-21(20)22-10-6-12-27-25(22)23/h3-12,17H,13-16H2,1-2H3. The van der Waals surface area contributed by atoms with Crippen molar-refractivity contribution in [3.8, 4) is 0 Å². The molecule has 4 aromatic rings. The maximum Gasteiger partial charge on any atom is 0.256 e. The van der Waals surface area contributed by atoms with Gasteiger partial charge < -0.3 is 9.80 Å². The zero-order valence-corrected chi connectivity index (χ0v) is 17.4. The highest BCUT2D eigenvalue weighted by molar-refractivity contribution is 6.15. The number of aryl methyl sites for hydroxylation is 1. The van der Waals surface area contributed by atoms with E-state index in [1.54, 1.807) is 6.20 Å². The van der Waals surface area contributed by atoms with Crippen LogP contribution in [0.1, 0.15) is 21.5 Å². The second-order valence-electron chi connectivity index (χ2n) is 8.04. The number of carbonyl (C=O) groups excluding carboxylic acids is 1. The average molecular weight is 396 g/mol. The van der Waals surface area contributed by atoms with E-state index >= 15 is 0 Å². The summed E-state index contributed by atoms with van der Waals surface area (Å²) in [7, 11) is 0. The molecule has 0 radical (unpaired) electrons. The van der Waals surface area contributed by atoms with Crippen LogP contribution in [0.15, 0.2) is 66.9 Å². The van der Waals surface area contributed by atoms with Gasteiger partial charge in [-0.2, -0.15) is 0 Å². The molecule has 0 aliphatic carbocycles. The molecule has 4 nitrogen and oxygen atoms in total. The first kappa shape index (κ1) is 18.6. The highest BCUT2D eigenvalue weighted by Crippen LogP contribution is 2.29. The number of benzene rings is 3. The van der Waals surface area contributed by atoms with E-state index in [0.29, 0.717) is 18.7 Å². The molecule has 0 spiro atoms. The van der Waals surface area contributed by atoms with Crippen LogP contribution in [-0.4, -0.2) is 42.0 Å². The SMILES string of the molecule is Cc1cccc(N2CCN(C(=O)c3cc4ccccc4c4cccnc34)CC2)c1C.